The fraction of sp³-hybridized carbons (Fsp3) is 0.500. The van der Waals surface area contributed by atoms with Gasteiger partial charge >= 0.3 is 0 Å². The minimum Gasteiger partial charge on any atom is -0.257 e. The highest BCUT2D eigenvalue weighted by atomic mass is 28.2. The van der Waals surface area contributed by atoms with Crippen LogP contribution in [0.25, 0.3) is 0 Å². The smallest absolute Gasteiger partial charge is 0.137 e. The highest BCUT2D eigenvalue weighted by molar-refractivity contribution is 6.31. The molecule has 0 saturated carbocycles. The maximum atomic E-state index is 3.95. The second kappa shape index (κ2) is 2.61. The zero-order chi connectivity index (χ0) is 5.82. The Labute approximate surface area is 50.6 Å². The standard InChI is InChI=1S/C4H9N3Si/c1-8-4-7-3-5-2-6-7/h2-3H,4,8H2,1H3. The molecule has 1 heterocycles. The van der Waals surface area contributed by atoms with Crippen molar-refractivity contribution < 1.29 is 0 Å². The van der Waals surface area contributed by atoms with Gasteiger partial charge in [0.25, 0.3) is 0 Å². The van der Waals surface area contributed by atoms with Crippen molar-refractivity contribution in [1.29, 1.82) is 0 Å². The van der Waals surface area contributed by atoms with Gasteiger partial charge in [0.1, 0.15) is 12.7 Å². The monoisotopic (exact) mass is 127 g/mol. The van der Waals surface area contributed by atoms with Crippen molar-refractivity contribution in [3.8, 4) is 0 Å². The normalized spacial score (nSPS) is 11.1. The molecule has 0 aromatic carbocycles. The first-order valence-electron chi connectivity index (χ1n) is 2.76. The van der Waals surface area contributed by atoms with Crippen LogP contribution in [0.5, 0.6) is 0 Å². The summed E-state index contributed by atoms with van der Waals surface area (Å²) >= 11 is 0. The van der Waals surface area contributed by atoms with Gasteiger partial charge in [-0.25, -0.2) is 4.98 Å². The molecule has 0 aliphatic heterocycles. The summed E-state index contributed by atoms with van der Waals surface area (Å²) in [6, 6.07) is 0. The lowest BCUT2D eigenvalue weighted by molar-refractivity contribution is 0.737. The van der Waals surface area contributed by atoms with Crippen LogP contribution in [0.15, 0.2) is 12.7 Å². The number of hydrogen-bond donors (Lipinski definition) is 0. The van der Waals surface area contributed by atoms with Crippen LogP contribution in [0.1, 0.15) is 0 Å². The Morgan fingerprint density at radius 3 is 3.12 bits per heavy atom. The Bertz CT molecular complexity index is 137. The molecule has 1 aromatic heterocycles. The van der Waals surface area contributed by atoms with Crippen LogP contribution >= 0.6 is 0 Å². The molecule has 0 N–H and O–H groups in total. The van der Waals surface area contributed by atoms with E-state index in [0.717, 1.165) is 6.17 Å². The van der Waals surface area contributed by atoms with Gasteiger partial charge in [0.2, 0.25) is 0 Å². The van der Waals surface area contributed by atoms with E-state index in [9.17, 15) is 0 Å². The molecule has 0 spiro atoms. The molecule has 0 amide bonds. The molecule has 1 rings (SSSR count). The van der Waals surface area contributed by atoms with Gasteiger partial charge in [-0.05, 0) is 0 Å². The molecule has 0 aliphatic carbocycles. The molecule has 4 heteroatoms. The van der Waals surface area contributed by atoms with E-state index in [-0.39, 0.29) is 9.52 Å². The number of nitrogens with zero attached hydrogens (tertiary/aromatic N) is 3. The summed E-state index contributed by atoms with van der Waals surface area (Å²) in [7, 11) is 0.105. The maximum Gasteiger partial charge on any atom is 0.137 e. The molecule has 3 nitrogen and oxygen atoms in total. The van der Waals surface area contributed by atoms with Crippen LogP contribution in [0.4, 0.5) is 0 Å². The van der Waals surface area contributed by atoms with Crippen molar-refractivity contribution in [2.75, 3.05) is 0 Å². The van der Waals surface area contributed by atoms with E-state index in [4.69, 9.17) is 0 Å². The number of aromatic nitrogens is 3. The average molecular weight is 127 g/mol. The predicted octanol–water partition coefficient (Wildman–Crippen LogP) is -0.548. The van der Waals surface area contributed by atoms with Crippen molar-refractivity contribution in [3.63, 3.8) is 0 Å². The van der Waals surface area contributed by atoms with Gasteiger partial charge in [-0.15, -0.1) is 0 Å². The van der Waals surface area contributed by atoms with Crippen molar-refractivity contribution in [2.24, 2.45) is 0 Å². The molecule has 0 unspecified atom stereocenters. The molecule has 0 aliphatic rings. The first-order valence-corrected chi connectivity index (χ1v) is 5.17. The fourth-order valence-corrected chi connectivity index (χ4v) is 1.27. The van der Waals surface area contributed by atoms with Crippen molar-refractivity contribution >= 4 is 9.52 Å². The predicted molar refractivity (Wildman–Crippen MR) is 34.4 cm³/mol. The van der Waals surface area contributed by atoms with E-state index >= 15 is 0 Å². The van der Waals surface area contributed by atoms with Crippen LogP contribution in [0.2, 0.25) is 6.55 Å². The summed E-state index contributed by atoms with van der Waals surface area (Å²) in [5.74, 6) is 0. The summed E-state index contributed by atoms with van der Waals surface area (Å²) in [4.78, 5) is 3.81. The zero-order valence-corrected chi connectivity index (χ0v) is 6.32. The molecular weight excluding hydrogens is 118 g/mol. The fourth-order valence-electron chi connectivity index (χ4n) is 0.577. The largest absolute Gasteiger partial charge is 0.257 e. The van der Waals surface area contributed by atoms with E-state index < -0.39 is 0 Å². The van der Waals surface area contributed by atoms with Crippen LogP contribution < -0.4 is 0 Å². The van der Waals surface area contributed by atoms with Crippen LogP contribution in [-0.2, 0) is 6.17 Å². The molecule has 1 aromatic rings. The van der Waals surface area contributed by atoms with E-state index in [1.165, 1.54) is 0 Å². The Kier molecular flexibility index (Phi) is 1.79. The molecule has 0 radical (unpaired) electrons. The minimum atomic E-state index is 0.105. The zero-order valence-electron chi connectivity index (χ0n) is 4.91. The molecule has 8 heavy (non-hydrogen) atoms. The van der Waals surface area contributed by atoms with Crippen LogP contribution in [0, 0.1) is 0 Å². The third-order valence-electron chi connectivity index (χ3n) is 0.919. The Morgan fingerprint density at radius 2 is 2.62 bits per heavy atom. The number of rotatable bonds is 2. The summed E-state index contributed by atoms with van der Waals surface area (Å²) < 4.78 is 1.88. The molecule has 0 bridgehead atoms. The van der Waals surface area contributed by atoms with Crippen LogP contribution in [-0.4, -0.2) is 24.3 Å². The third kappa shape index (κ3) is 1.16. The lowest BCUT2D eigenvalue weighted by Gasteiger charge is -1.90. The Hall–Kier alpha value is -0.643. The first kappa shape index (κ1) is 5.49. The van der Waals surface area contributed by atoms with Gasteiger partial charge in [0.05, 0.1) is 0 Å². The van der Waals surface area contributed by atoms with Gasteiger partial charge < -0.3 is 0 Å². The Balaban J connectivity index is 2.50. The van der Waals surface area contributed by atoms with Gasteiger partial charge in [0, 0.05) is 15.7 Å². The Morgan fingerprint density at radius 1 is 1.75 bits per heavy atom. The minimum absolute atomic E-state index is 0.105. The van der Waals surface area contributed by atoms with Gasteiger partial charge in [-0.1, -0.05) is 6.55 Å². The SMILES string of the molecule is C[SiH2]Cn1cncn1. The van der Waals surface area contributed by atoms with Gasteiger partial charge in [0.15, 0.2) is 0 Å². The van der Waals surface area contributed by atoms with E-state index in [0.29, 0.717) is 0 Å². The second-order valence-corrected chi connectivity index (χ2v) is 3.11. The van der Waals surface area contributed by atoms with E-state index in [1.807, 2.05) is 4.68 Å². The lowest BCUT2D eigenvalue weighted by atomic mass is 11.2. The summed E-state index contributed by atoms with van der Waals surface area (Å²) in [6.45, 7) is 2.25. The molecule has 0 fully saturated rings. The highest BCUT2D eigenvalue weighted by Gasteiger charge is 1.84. The average Bonchev–Trinajstić information content (AvgIpc) is 2.19. The van der Waals surface area contributed by atoms with E-state index in [1.54, 1.807) is 12.7 Å². The molecule has 0 saturated heterocycles. The van der Waals surface area contributed by atoms with Gasteiger partial charge in [-0.3, -0.25) is 4.68 Å². The van der Waals surface area contributed by atoms with Crippen molar-refractivity contribution in [2.45, 2.75) is 12.7 Å². The van der Waals surface area contributed by atoms with Crippen molar-refractivity contribution in [1.82, 2.24) is 14.8 Å². The molecule has 0 atom stereocenters. The highest BCUT2D eigenvalue weighted by Crippen LogP contribution is 1.75. The van der Waals surface area contributed by atoms with E-state index in [2.05, 4.69) is 16.6 Å². The third-order valence-corrected chi connectivity index (χ3v) is 1.82. The maximum absolute atomic E-state index is 3.95. The summed E-state index contributed by atoms with van der Waals surface area (Å²) in [5.41, 5.74) is 0. The van der Waals surface area contributed by atoms with Gasteiger partial charge in [-0.2, -0.15) is 5.10 Å². The summed E-state index contributed by atoms with van der Waals surface area (Å²) in [5, 5.41) is 3.95. The summed E-state index contributed by atoms with van der Waals surface area (Å²) in [6.07, 6.45) is 4.44. The second-order valence-electron chi connectivity index (χ2n) is 1.66. The molecule has 44 valence electrons. The lowest BCUT2D eigenvalue weighted by Crippen LogP contribution is -2.02. The number of hydrogen-bond acceptors (Lipinski definition) is 2. The quantitative estimate of drug-likeness (QED) is 0.499. The first-order chi connectivity index (χ1) is 3.93. The van der Waals surface area contributed by atoms with Crippen molar-refractivity contribution in [3.05, 3.63) is 12.7 Å². The van der Waals surface area contributed by atoms with Crippen LogP contribution in [0.3, 0.4) is 0 Å². The topological polar surface area (TPSA) is 30.7 Å². The molecular formula is C4H9N3Si.